The average molecular weight is 501 g/mol. The van der Waals surface area contributed by atoms with E-state index in [4.69, 9.17) is 14.6 Å². The second-order valence-corrected chi connectivity index (χ2v) is 10.5. The van der Waals surface area contributed by atoms with Gasteiger partial charge in [-0.25, -0.2) is 13.4 Å². The van der Waals surface area contributed by atoms with E-state index < -0.39 is 21.7 Å². The van der Waals surface area contributed by atoms with Gasteiger partial charge in [0.1, 0.15) is 23.8 Å². The molecule has 1 saturated carbocycles. The molecule has 2 aromatic heterocycles. The molecule has 35 heavy (non-hydrogen) atoms. The summed E-state index contributed by atoms with van der Waals surface area (Å²) < 4.78 is 37.4. The van der Waals surface area contributed by atoms with Crippen molar-refractivity contribution in [1.82, 2.24) is 14.8 Å². The summed E-state index contributed by atoms with van der Waals surface area (Å²) in [6.07, 6.45) is 3.89. The Bertz CT molecular complexity index is 1350. The van der Waals surface area contributed by atoms with Gasteiger partial charge >= 0.3 is 5.97 Å². The number of benzene rings is 1. The molecule has 0 atom stereocenters. The van der Waals surface area contributed by atoms with Crippen LogP contribution < -0.4 is 14.8 Å². The predicted octanol–water partition coefficient (Wildman–Crippen LogP) is 3.13. The third-order valence-corrected chi connectivity index (χ3v) is 7.07. The highest BCUT2D eigenvalue weighted by Crippen LogP contribution is 2.34. The Hall–Kier alpha value is -3.93. The van der Waals surface area contributed by atoms with Crippen LogP contribution >= 0.6 is 0 Å². The van der Waals surface area contributed by atoms with Crippen molar-refractivity contribution in [3.05, 3.63) is 54.4 Å². The fourth-order valence-corrected chi connectivity index (χ4v) is 4.78. The number of carbonyl (C=O) groups is 2. The van der Waals surface area contributed by atoms with E-state index in [1.54, 1.807) is 12.1 Å². The molecule has 12 heteroatoms. The highest BCUT2D eigenvalue weighted by Gasteiger charge is 2.37. The molecule has 0 spiro atoms. The standard InChI is InChI=1S/C23H24N4O7S/c1-14(2)33-17-9-15(23(30)25-20-7-8-27(26-20)13-22(28)29)10-18(11-17)34-16-3-6-21(24-12-16)35(31,32)19-4-5-19/h3,6-12,14,19H,4-5,13H2,1-2H3,(H,28,29)(H,25,26,30). The van der Waals surface area contributed by atoms with E-state index in [0.717, 1.165) is 0 Å². The fraction of sp³-hybridized carbons (Fsp3) is 0.304. The van der Waals surface area contributed by atoms with Crippen molar-refractivity contribution in [3.8, 4) is 17.2 Å². The Kier molecular flexibility index (Phi) is 6.74. The van der Waals surface area contributed by atoms with Gasteiger partial charge in [-0.05, 0) is 51.0 Å². The molecular formula is C23H24N4O7S. The van der Waals surface area contributed by atoms with Crippen LogP contribution in [0.15, 0.2) is 53.8 Å². The summed E-state index contributed by atoms with van der Waals surface area (Å²) in [4.78, 5) is 27.7. The smallest absolute Gasteiger partial charge is 0.325 e. The zero-order valence-corrected chi connectivity index (χ0v) is 19.9. The van der Waals surface area contributed by atoms with Crippen LogP contribution in [0, 0.1) is 0 Å². The van der Waals surface area contributed by atoms with Gasteiger partial charge in [-0.3, -0.25) is 14.3 Å². The first-order valence-electron chi connectivity index (χ1n) is 10.9. The lowest BCUT2D eigenvalue weighted by atomic mass is 10.2. The second kappa shape index (κ2) is 9.74. The maximum Gasteiger partial charge on any atom is 0.325 e. The third kappa shape index (κ3) is 6.15. The molecule has 2 heterocycles. The predicted molar refractivity (Wildman–Crippen MR) is 125 cm³/mol. The molecule has 3 aromatic rings. The van der Waals surface area contributed by atoms with Crippen molar-refractivity contribution in [2.24, 2.45) is 0 Å². The largest absolute Gasteiger partial charge is 0.491 e. The maximum absolute atomic E-state index is 12.8. The van der Waals surface area contributed by atoms with Crippen LogP contribution in [-0.4, -0.2) is 51.5 Å². The van der Waals surface area contributed by atoms with E-state index in [9.17, 15) is 18.0 Å². The number of sulfone groups is 1. The van der Waals surface area contributed by atoms with Crippen molar-refractivity contribution in [1.29, 1.82) is 0 Å². The molecule has 1 amide bonds. The molecule has 0 bridgehead atoms. The lowest BCUT2D eigenvalue weighted by Crippen LogP contribution is -2.14. The number of carboxylic acid groups (broad SMARTS) is 1. The number of hydrogen-bond acceptors (Lipinski definition) is 8. The summed E-state index contributed by atoms with van der Waals surface area (Å²) in [5.74, 6) is -0.414. The summed E-state index contributed by atoms with van der Waals surface area (Å²) in [6, 6.07) is 9.03. The van der Waals surface area contributed by atoms with Gasteiger partial charge < -0.3 is 19.9 Å². The van der Waals surface area contributed by atoms with E-state index >= 15 is 0 Å². The number of amides is 1. The van der Waals surface area contributed by atoms with Gasteiger partial charge in [0.25, 0.3) is 5.91 Å². The normalized spacial score (nSPS) is 13.5. The van der Waals surface area contributed by atoms with Crippen LogP contribution in [-0.2, 0) is 21.2 Å². The SMILES string of the molecule is CC(C)Oc1cc(Oc2ccc(S(=O)(=O)C3CC3)nc2)cc(C(=O)Nc2ccn(CC(=O)O)n2)c1. The Balaban J connectivity index is 1.54. The third-order valence-electron chi connectivity index (χ3n) is 4.89. The van der Waals surface area contributed by atoms with Crippen LogP contribution in [0.5, 0.6) is 17.2 Å². The fourth-order valence-electron chi connectivity index (χ4n) is 3.23. The minimum absolute atomic E-state index is 0.00615. The van der Waals surface area contributed by atoms with E-state index in [1.165, 1.54) is 41.3 Å². The van der Waals surface area contributed by atoms with E-state index in [-0.39, 0.29) is 40.1 Å². The van der Waals surface area contributed by atoms with Crippen LogP contribution in [0.2, 0.25) is 0 Å². The van der Waals surface area contributed by atoms with Crippen LogP contribution in [0.1, 0.15) is 37.0 Å². The second-order valence-electron chi connectivity index (χ2n) is 8.28. The monoisotopic (exact) mass is 500 g/mol. The molecule has 11 nitrogen and oxygen atoms in total. The van der Waals surface area contributed by atoms with E-state index in [0.29, 0.717) is 24.3 Å². The number of nitrogens with zero attached hydrogens (tertiary/aromatic N) is 3. The Morgan fingerprint density at radius 1 is 1.14 bits per heavy atom. The molecular weight excluding hydrogens is 476 g/mol. The molecule has 1 aromatic carbocycles. The quantitative estimate of drug-likeness (QED) is 0.428. The van der Waals surface area contributed by atoms with Gasteiger partial charge in [-0.15, -0.1) is 0 Å². The number of pyridine rings is 1. The first-order valence-corrected chi connectivity index (χ1v) is 12.4. The Morgan fingerprint density at radius 2 is 1.89 bits per heavy atom. The van der Waals surface area contributed by atoms with Crippen molar-refractivity contribution in [3.63, 3.8) is 0 Å². The minimum Gasteiger partial charge on any atom is -0.491 e. The summed E-state index contributed by atoms with van der Waals surface area (Å²) in [6.45, 7) is 3.34. The highest BCUT2D eigenvalue weighted by molar-refractivity contribution is 7.92. The van der Waals surface area contributed by atoms with Gasteiger partial charge in [-0.1, -0.05) is 0 Å². The van der Waals surface area contributed by atoms with Crippen molar-refractivity contribution < 1.29 is 32.6 Å². The van der Waals surface area contributed by atoms with Crippen LogP contribution in [0.4, 0.5) is 5.82 Å². The van der Waals surface area contributed by atoms with Gasteiger partial charge in [0, 0.05) is 23.9 Å². The summed E-state index contributed by atoms with van der Waals surface area (Å²) in [5.41, 5.74) is 0.215. The number of aromatic nitrogens is 3. The summed E-state index contributed by atoms with van der Waals surface area (Å²) in [7, 11) is -3.41. The van der Waals surface area contributed by atoms with E-state index in [2.05, 4.69) is 15.4 Å². The number of anilines is 1. The van der Waals surface area contributed by atoms with Crippen LogP contribution in [0.3, 0.4) is 0 Å². The van der Waals surface area contributed by atoms with E-state index in [1.807, 2.05) is 13.8 Å². The number of nitrogens with one attached hydrogen (secondary N) is 1. The average Bonchev–Trinajstić information content (AvgIpc) is 3.56. The van der Waals surface area contributed by atoms with Gasteiger partial charge in [0.2, 0.25) is 0 Å². The minimum atomic E-state index is -3.41. The molecule has 0 radical (unpaired) electrons. The summed E-state index contributed by atoms with van der Waals surface area (Å²) in [5, 5.41) is 15.1. The number of rotatable bonds is 10. The first kappa shape index (κ1) is 24.2. The topological polar surface area (TPSA) is 150 Å². The number of hydrogen-bond donors (Lipinski definition) is 2. The lowest BCUT2D eigenvalue weighted by molar-refractivity contribution is -0.137. The van der Waals surface area contributed by atoms with Gasteiger partial charge in [0.15, 0.2) is 20.7 Å². The van der Waals surface area contributed by atoms with Crippen molar-refractivity contribution in [2.45, 2.75) is 49.6 Å². The molecule has 4 rings (SSSR count). The number of carbonyl (C=O) groups excluding carboxylic acids is 1. The van der Waals surface area contributed by atoms with Crippen molar-refractivity contribution in [2.75, 3.05) is 5.32 Å². The number of carboxylic acids is 1. The molecule has 0 aliphatic heterocycles. The first-order chi connectivity index (χ1) is 16.6. The number of aliphatic carboxylic acids is 1. The molecule has 0 saturated heterocycles. The highest BCUT2D eigenvalue weighted by atomic mass is 32.2. The molecule has 0 unspecified atom stereocenters. The summed E-state index contributed by atoms with van der Waals surface area (Å²) >= 11 is 0. The number of ether oxygens (including phenoxy) is 2. The maximum atomic E-state index is 12.8. The Labute approximate surface area is 201 Å². The lowest BCUT2D eigenvalue weighted by Gasteiger charge is -2.14. The zero-order chi connectivity index (χ0) is 25.2. The molecule has 1 fully saturated rings. The Morgan fingerprint density at radius 3 is 2.51 bits per heavy atom. The zero-order valence-electron chi connectivity index (χ0n) is 19.0. The van der Waals surface area contributed by atoms with Gasteiger partial charge in [0.05, 0.1) is 17.6 Å². The van der Waals surface area contributed by atoms with Crippen molar-refractivity contribution >= 4 is 27.5 Å². The molecule has 1 aliphatic carbocycles. The van der Waals surface area contributed by atoms with Gasteiger partial charge in [-0.2, -0.15) is 5.10 Å². The molecule has 184 valence electrons. The van der Waals surface area contributed by atoms with Crippen LogP contribution in [0.25, 0.3) is 0 Å². The molecule has 2 N–H and O–H groups in total. The molecule has 1 aliphatic rings.